The SMILES string of the molecule is Cc1cccc(-c2cc(CN)cnn2)c1. The maximum Gasteiger partial charge on any atom is 0.0932 e. The highest BCUT2D eigenvalue weighted by molar-refractivity contribution is 5.59. The van der Waals surface area contributed by atoms with Gasteiger partial charge in [-0.3, -0.25) is 0 Å². The van der Waals surface area contributed by atoms with Crippen molar-refractivity contribution in [1.29, 1.82) is 0 Å². The summed E-state index contributed by atoms with van der Waals surface area (Å²) in [5.41, 5.74) is 9.73. The van der Waals surface area contributed by atoms with Crippen molar-refractivity contribution in [2.45, 2.75) is 13.5 Å². The van der Waals surface area contributed by atoms with Gasteiger partial charge in [-0.05, 0) is 24.6 Å². The number of rotatable bonds is 2. The molecule has 0 radical (unpaired) electrons. The van der Waals surface area contributed by atoms with Crippen LogP contribution in [0.5, 0.6) is 0 Å². The van der Waals surface area contributed by atoms with Gasteiger partial charge < -0.3 is 5.73 Å². The largest absolute Gasteiger partial charge is 0.326 e. The van der Waals surface area contributed by atoms with Gasteiger partial charge in [0.05, 0.1) is 11.9 Å². The third kappa shape index (κ3) is 2.19. The van der Waals surface area contributed by atoms with E-state index in [2.05, 4.69) is 29.3 Å². The fraction of sp³-hybridized carbons (Fsp3) is 0.167. The van der Waals surface area contributed by atoms with Crippen LogP contribution in [0.25, 0.3) is 11.3 Å². The zero-order valence-corrected chi connectivity index (χ0v) is 8.64. The number of benzene rings is 1. The summed E-state index contributed by atoms with van der Waals surface area (Å²) < 4.78 is 0. The minimum atomic E-state index is 0.494. The van der Waals surface area contributed by atoms with Crippen LogP contribution in [0.2, 0.25) is 0 Å². The standard InChI is InChI=1S/C12H13N3/c1-9-3-2-4-11(5-9)12-6-10(7-13)8-14-15-12/h2-6,8H,7,13H2,1H3. The van der Waals surface area contributed by atoms with E-state index in [1.54, 1.807) is 6.20 Å². The quantitative estimate of drug-likeness (QED) is 0.803. The molecule has 0 bridgehead atoms. The van der Waals surface area contributed by atoms with Crippen LogP contribution in [0.4, 0.5) is 0 Å². The molecule has 0 atom stereocenters. The molecular formula is C12H13N3. The Morgan fingerprint density at radius 2 is 2.13 bits per heavy atom. The zero-order chi connectivity index (χ0) is 10.7. The van der Waals surface area contributed by atoms with Crippen molar-refractivity contribution in [3.8, 4) is 11.3 Å². The molecule has 3 nitrogen and oxygen atoms in total. The Labute approximate surface area is 89.0 Å². The summed E-state index contributed by atoms with van der Waals surface area (Å²) in [5, 5.41) is 8.02. The van der Waals surface area contributed by atoms with Crippen LogP contribution in [-0.2, 0) is 6.54 Å². The van der Waals surface area contributed by atoms with Gasteiger partial charge in [0.2, 0.25) is 0 Å². The fourth-order valence-corrected chi connectivity index (χ4v) is 1.46. The summed E-state index contributed by atoms with van der Waals surface area (Å²) in [6.07, 6.45) is 1.69. The molecule has 0 spiro atoms. The van der Waals surface area contributed by atoms with Gasteiger partial charge in [-0.1, -0.05) is 23.8 Å². The molecule has 0 unspecified atom stereocenters. The van der Waals surface area contributed by atoms with E-state index in [0.717, 1.165) is 16.8 Å². The summed E-state index contributed by atoms with van der Waals surface area (Å²) >= 11 is 0. The first-order chi connectivity index (χ1) is 7.29. The lowest BCUT2D eigenvalue weighted by atomic mass is 10.1. The topological polar surface area (TPSA) is 51.8 Å². The van der Waals surface area contributed by atoms with Gasteiger partial charge >= 0.3 is 0 Å². The Morgan fingerprint density at radius 1 is 1.27 bits per heavy atom. The average molecular weight is 199 g/mol. The van der Waals surface area contributed by atoms with Crippen molar-refractivity contribution < 1.29 is 0 Å². The molecule has 1 heterocycles. The van der Waals surface area contributed by atoms with E-state index in [4.69, 9.17) is 5.73 Å². The second-order valence-electron chi connectivity index (χ2n) is 3.52. The van der Waals surface area contributed by atoms with E-state index >= 15 is 0 Å². The second kappa shape index (κ2) is 4.19. The fourth-order valence-electron chi connectivity index (χ4n) is 1.46. The minimum Gasteiger partial charge on any atom is -0.326 e. The molecule has 0 saturated heterocycles. The van der Waals surface area contributed by atoms with Crippen LogP contribution in [0.1, 0.15) is 11.1 Å². The van der Waals surface area contributed by atoms with Crippen LogP contribution in [0.15, 0.2) is 36.5 Å². The van der Waals surface area contributed by atoms with Gasteiger partial charge in [0.25, 0.3) is 0 Å². The molecule has 76 valence electrons. The molecule has 0 amide bonds. The number of aryl methyl sites for hydroxylation is 1. The first kappa shape index (κ1) is 9.80. The van der Waals surface area contributed by atoms with Crippen LogP contribution >= 0.6 is 0 Å². The van der Waals surface area contributed by atoms with Gasteiger partial charge in [0.15, 0.2) is 0 Å². The summed E-state index contributed by atoms with van der Waals surface area (Å²) in [6.45, 7) is 2.55. The monoisotopic (exact) mass is 199 g/mol. The third-order valence-corrected chi connectivity index (χ3v) is 2.26. The predicted molar refractivity (Wildman–Crippen MR) is 60.1 cm³/mol. The van der Waals surface area contributed by atoms with Crippen LogP contribution < -0.4 is 5.73 Å². The molecule has 1 aromatic carbocycles. The second-order valence-corrected chi connectivity index (χ2v) is 3.52. The maximum absolute atomic E-state index is 5.56. The lowest BCUT2D eigenvalue weighted by molar-refractivity contribution is 0.971. The van der Waals surface area contributed by atoms with Crippen molar-refractivity contribution in [2.75, 3.05) is 0 Å². The van der Waals surface area contributed by atoms with E-state index in [1.807, 2.05) is 18.2 Å². The first-order valence-corrected chi connectivity index (χ1v) is 4.88. The van der Waals surface area contributed by atoms with Crippen molar-refractivity contribution in [3.05, 3.63) is 47.7 Å². The highest BCUT2D eigenvalue weighted by Gasteiger charge is 2.00. The molecule has 0 saturated carbocycles. The smallest absolute Gasteiger partial charge is 0.0932 e. The van der Waals surface area contributed by atoms with Gasteiger partial charge in [-0.2, -0.15) is 10.2 Å². The van der Waals surface area contributed by atoms with Crippen molar-refractivity contribution in [3.63, 3.8) is 0 Å². The summed E-state index contributed by atoms with van der Waals surface area (Å²) in [6, 6.07) is 10.2. The molecule has 3 heteroatoms. The summed E-state index contributed by atoms with van der Waals surface area (Å²) in [4.78, 5) is 0. The molecule has 0 aliphatic rings. The number of nitrogens with zero attached hydrogens (tertiary/aromatic N) is 2. The van der Waals surface area contributed by atoms with E-state index in [1.165, 1.54) is 5.56 Å². The van der Waals surface area contributed by atoms with Crippen LogP contribution in [-0.4, -0.2) is 10.2 Å². The summed E-state index contributed by atoms with van der Waals surface area (Å²) in [7, 11) is 0. The maximum atomic E-state index is 5.56. The molecule has 2 aromatic rings. The van der Waals surface area contributed by atoms with Gasteiger partial charge in [0.1, 0.15) is 0 Å². The predicted octanol–water partition coefficient (Wildman–Crippen LogP) is 1.91. The number of nitrogens with two attached hydrogens (primary N) is 1. The Kier molecular flexibility index (Phi) is 2.74. The van der Waals surface area contributed by atoms with E-state index in [9.17, 15) is 0 Å². The van der Waals surface area contributed by atoms with Gasteiger partial charge in [-0.15, -0.1) is 0 Å². The van der Waals surface area contributed by atoms with Crippen LogP contribution in [0.3, 0.4) is 0 Å². The molecule has 2 rings (SSSR count). The van der Waals surface area contributed by atoms with E-state index < -0.39 is 0 Å². The van der Waals surface area contributed by atoms with E-state index in [-0.39, 0.29) is 0 Å². The number of aromatic nitrogens is 2. The lowest BCUT2D eigenvalue weighted by Crippen LogP contribution is -1.99. The lowest BCUT2D eigenvalue weighted by Gasteiger charge is -2.02. The van der Waals surface area contributed by atoms with Gasteiger partial charge in [-0.25, -0.2) is 0 Å². The molecule has 15 heavy (non-hydrogen) atoms. The Bertz CT molecular complexity index is 466. The Morgan fingerprint density at radius 3 is 2.87 bits per heavy atom. The van der Waals surface area contributed by atoms with E-state index in [0.29, 0.717) is 6.54 Å². The normalized spacial score (nSPS) is 10.3. The minimum absolute atomic E-state index is 0.494. The average Bonchev–Trinajstić information content (AvgIpc) is 2.29. The molecule has 0 fully saturated rings. The van der Waals surface area contributed by atoms with Crippen molar-refractivity contribution in [2.24, 2.45) is 5.73 Å². The van der Waals surface area contributed by atoms with Crippen molar-refractivity contribution >= 4 is 0 Å². The summed E-state index contributed by atoms with van der Waals surface area (Å²) in [5.74, 6) is 0. The third-order valence-electron chi connectivity index (χ3n) is 2.26. The Balaban J connectivity index is 2.44. The van der Waals surface area contributed by atoms with Gasteiger partial charge in [0, 0.05) is 12.1 Å². The highest BCUT2D eigenvalue weighted by Crippen LogP contribution is 2.17. The molecule has 0 aliphatic carbocycles. The van der Waals surface area contributed by atoms with Crippen LogP contribution in [0, 0.1) is 6.92 Å². The molecule has 1 aromatic heterocycles. The number of hydrogen-bond donors (Lipinski definition) is 1. The molecule has 2 N–H and O–H groups in total. The highest BCUT2D eigenvalue weighted by atomic mass is 15.1. The molecule has 0 aliphatic heterocycles. The Hall–Kier alpha value is -1.74. The number of hydrogen-bond acceptors (Lipinski definition) is 3. The first-order valence-electron chi connectivity index (χ1n) is 4.88. The zero-order valence-electron chi connectivity index (χ0n) is 8.64. The molecular weight excluding hydrogens is 186 g/mol. The van der Waals surface area contributed by atoms with Crippen molar-refractivity contribution in [1.82, 2.24) is 10.2 Å².